The number of carboxylic acid groups (broad SMARTS) is 1. The van der Waals surface area contributed by atoms with Gasteiger partial charge in [0.05, 0.1) is 15.4 Å². The third-order valence-corrected chi connectivity index (χ3v) is 5.41. The van der Waals surface area contributed by atoms with E-state index in [0.717, 1.165) is 16.7 Å². The third kappa shape index (κ3) is 4.39. The van der Waals surface area contributed by atoms with E-state index in [1.165, 1.54) is 36.0 Å². The molecule has 0 aromatic heterocycles. The third-order valence-electron chi connectivity index (χ3n) is 3.44. The SMILES string of the molecule is CSCC[C@@H](C(=O)O)N1C(=O)/C(=C\c2ccccc2[N+](=O)[O-])SC1=S. The van der Waals surface area contributed by atoms with Crippen molar-refractivity contribution in [3.63, 3.8) is 0 Å². The number of benzene rings is 1. The molecule has 1 aromatic carbocycles. The van der Waals surface area contributed by atoms with Gasteiger partial charge in [0.1, 0.15) is 10.4 Å². The first kappa shape index (κ1) is 19.4. The van der Waals surface area contributed by atoms with Gasteiger partial charge in [-0.25, -0.2) is 4.79 Å². The number of rotatable bonds is 7. The van der Waals surface area contributed by atoms with Crippen molar-refractivity contribution in [1.82, 2.24) is 4.90 Å². The predicted octanol–water partition coefficient (Wildman–Crippen LogP) is 3.00. The topological polar surface area (TPSA) is 101 Å². The number of carboxylic acids is 1. The highest BCUT2D eigenvalue weighted by atomic mass is 32.2. The highest BCUT2D eigenvalue weighted by Crippen LogP contribution is 2.36. The van der Waals surface area contributed by atoms with Gasteiger partial charge < -0.3 is 5.11 Å². The Hall–Kier alpha value is -1.91. The van der Waals surface area contributed by atoms with Crippen molar-refractivity contribution in [2.24, 2.45) is 0 Å². The van der Waals surface area contributed by atoms with Crippen LogP contribution in [0.2, 0.25) is 0 Å². The number of hydrogen-bond donors (Lipinski definition) is 1. The van der Waals surface area contributed by atoms with Crippen molar-refractivity contribution in [3.8, 4) is 0 Å². The van der Waals surface area contributed by atoms with Gasteiger partial charge in [-0.2, -0.15) is 11.8 Å². The number of para-hydroxylation sites is 1. The smallest absolute Gasteiger partial charge is 0.326 e. The molecule has 1 saturated heterocycles. The van der Waals surface area contributed by atoms with Gasteiger partial charge in [0.15, 0.2) is 0 Å². The molecule has 1 fully saturated rings. The summed E-state index contributed by atoms with van der Waals surface area (Å²) in [7, 11) is 0. The van der Waals surface area contributed by atoms with Gasteiger partial charge >= 0.3 is 5.97 Å². The molecule has 1 aliphatic heterocycles. The second kappa shape index (κ2) is 8.45. The molecule has 1 amide bonds. The van der Waals surface area contributed by atoms with Crippen LogP contribution in [0.15, 0.2) is 29.2 Å². The van der Waals surface area contributed by atoms with Gasteiger partial charge in [-0.3, -0.25) is 19.8 Å². The van der Waals surface area contributed by atoms with E-state index in [-0.39, 0.29) is 26.9 Å². The Bertz CT molecular complexity index is 765. The van der Waals surface area contributed by atoms with Crippen LogP contribution in [0, 0.1) is 10.1 Å². The molecule has 1 heterocycles. The molecule has 132 valence electrons. The summed E-state index contributed by atoms with van der Waals surface area (Å²) in [5, 5.41) is 20.5. The van der Waals surface area contributed by atoms with Crippen LogP contribution in [0.25, 0.3) is 6.08 Å². The Morgan fingerprint density at radius 2 is 2.20 bits per heavy atom. The zero-order chi connectivity index (χ0) is 18.6. The lowest BCUT2D eigenvalue weighted by Crippen LogP contribution is -2.44. The predicted molar refractivity (Wildman–Crippen MR) is 103 cm³/mol. The summed E-state index contributed by atoms with van der Waals surface area (Å²) in [5.41, 5.74) is 0.133. The average molecular weight is 398 g/mol. The minimum absolute atomic E-state index is 0.134. The van der Waals surface area contributed by atoms with Crippen LogP contribution < -0.4 is 0 Å². The number of aliphatic carboxylic acids is 1. The number of hydrogen-bond acceptors (Lipinski definition) is 7. The molecule has 0 radical (unpaired) electrons. The molecule has 0 unspecified atom stereocenters. The summed E-state index contributed by atoms with van der Waals surface area (Å²) < 4.78 is 0.142. The van der Waals surface area contributed by atoms with E-state index >= 15 is 0 Å². The van der Waals surface area contributed by atoms with Crippen LogP contribution in [0.1, 0.15) is 12.0 Å². The van der Waals surface area contributed by atoms with Gasteiger partial charge in [-0.15, -0.1) is 0 Å². The highest BCUT2D eigenvalue weighted by molar-refractivity contribution is 8.26. The molecule has 25 heavy (non-hydrogen) atoms. The maximum Gasteiger partial charge on any atom is 0.326 e. The van der Waals surface area contributed by atoms with E-state index < -0.39 is 22.8 Å². The highest BCUT2D eigenvalue weighted by Gasteiger charge is 2.40. The molecule has 0 saturated carbocycles. The molecule has 7 nitrogen and oxygen atoms in total. The van der Waals surface area contributed by atoms with Gasteiger partial charge in [-0.1, -0.05) is 36.1 Å². The second-order valence-electron chi connectivity index (χ2n) is 5.00. The molecule has 0 aliphatic carbocycles. The summed E-state index contributed by atoms with van der Waals surface area (Å²) in [6, 6.07) is 4.97. The number of carbonyl (C=O) groups is 2. The number of nitrogens with zero attached hydrogens (tertiary/aromatic N) is 2. The van der Waals surface area contributed by atoms with Gasteiger partial charge in [0.2, 0.25) is 0 Å². The summed E-state index contributed by atoms with van der Waals surface area (Å²) >= 11 is 7.59. The van der Waals surface area contributed by atoms with Crippen LogP contribution in [-0.2, 0) is 9.59 Å². The number of carbonyl (C=O) groups excluding carboxylic acids is 1. The summed E-state index contributed by atoms with van der Waals surface area (Å²) in [4.78, 5) is 35.9. The first-order chi connectivity index (χ1) is 11.9. The van der Waals surface area contributed by atoms with E-state index in [1.54, 1.807) is 6.07 Å². The number of nitro groups is 1. The Balaban J connectivity index is 2.35. The van der Waals surface area contributed by atoms with E-state index in [2.05, 4.69) is 0 Å². The zero-order valence-corrected chi connectivity index (χ0v) is 15.5. The molecular weight excluding hydrogens is 384 g/mol. The molecule has 1 N–H and O–H groups in total. The fourth-order valence-electron chi connectivity index (χ4n) is 2.26. The monoisotopic (exact) mass is 398 g/mol. The number of amides is 1. The zero-order valence-electron chi connectivity index (χ0n) is 13.1. The van der Waals surface area contributed by atoms with Gasteiger partial charge in [-0.05, 0) is 30.6 Å². The largest absolute Gasteiger partial charge is 0.480 e. The fourth-order valence-corrected chi connectivity index (χ4v) is 4.06. The lowest BCUT2D eigenvalue weighted by atomic mass is 10.1. The summed E-state index contributed by atoms with van der Waals surface area (Å²) in [6.45, 7) is 0. The maximum atomic E-state index is 12.6. The lowest BCUT2D eigenvalue weighted by Gasteiger charge is -2.22. The summed E-state index contributed by atoms with van der Waals surface area (Å²) in [5.74, 6) is -1.10. The first-order valence-corrected chi connectivity index (χ1v) is 9.71. The maximum absolute atomic E-state index is 12.6. The Morgan fingerprint density at radius 1 is 1.52 bits per heavy atom. The van der Waals surface area contributed by atoms with Crippen molar-refractivity contribution >= 4 is 63.7 Å². The van der Waals surface area contributed by atoms with Crippen molar-refractivity contribution in [1.29, 1.82) is 0 Å². The molecule has 1 aromatic rings. The molecule has 10 heteroatoms. The van der Waals surface area contributed by atoms with E-state index in [0.29, 0.717) is 5.75 Å². The molecule has 0 bridgehead atoms. The standard InChI is InChI=1S/C15H14N2O5S3/c1-24-7-6-11(14(19)20)16-13(18)12(25-15(16)23)8-9-4-2-3-5-10(9)17(21)22/h2-5,8,11H,6-7H2,1H3,(H,19,20)/b12-8+/t11-/m0/s1. The molecule has 0 spiro atoms. The number of thioether (sulfide) groups is 2. The Kier molecular flexibility index (Phi) is 6.57. The van der Waals surface area contributed by atoms with Crippen LogP contribution in [0.4, 0.5) is 5.69 Å². The average Bonchev–Trinajstić information content (AvgIpc) is 2.83. The van der Waals surface area contributed by atoms with E-state index in [1.807, 2.05) is 6.26 Å². The Morgan fingerprint density at radius 3 is 2.80 bits per heavy atom. The van der Waals surface area contributed by atoms with Crippen LogP contribution in [0.5, 0.6) is 0 Å². The van der Waals surface area contributed by atoms with Gasteiger partial charge in [0.25, 0.3) is 11.6 Å². The Labute approximate surface area is 157 Å². The van der Waals surface area contributed by atoms with E-state index in [4.69, 9.17) is 12.2 Å². The van der Waals surface area contributed by atoms with Crippen LogP contribution in [0.3, 0.4) is 0 Å². The number of thiocarbonyl (C=S) groups is 1. The second-order valence-corrected chi connectivity index (χ2v) is 7.66. The van der Waals surface area contributed by atoms with Crippen LogP contribution >= 0.6 is 35.7 Å². The van der Waals surface area contributed by atoms with Gasteiger partial charge in [0, 0.05) is 6.07 Å². The van der Waals surface area contributed by atoms with Crippen molar-refractivity contribution in [2.75, 3.05) is 12.0 Å². The fraction of sp³-hybridized carbons (Fsp3) is 0.267. The van der Waals surface area contributed by atoms with Crippen molar-refractivity contribution in [3.05, 3.63) is 44.8 Å². The minimum atomic E-state index is -1.13. The normalized spacial score (nSPS) is 17.2. The van der Waals surface area contributed by atoms with Crippen LogP contribution in [-0.4, -0.2) is 49.2 Å². The first-order valence-electron chi connectivity index (χ1n) is 7.09. The molecule has 2 rings (SSSR count). The molecular formula is C15H14N2O5S3. The molecule has 1 aliphatic rings. The molecule has 1 atom stereocenters. The quantitative estimate of drug-likeness (QED) is 0.324. The van der Waals surface area contributed by atoms with Crippen molar-refractivity contribution in [2.45, 2.75) is 12.5 Å². The number of nitro benzene ring substituents is 1. The lowest BCUT2D eigenvalue weighted by molar-refractivity contribution is -0.385. The van der Waals surface area contributed by atoms with E-state index in [9.17, 15) is 24.8 Å². The minimum Gasteiger partial charge on any atom is -0.480 e. The summed E-state index contributed by atoms with van der Waals surface area (Å²) in [6.07, 6.45) is 3.49. The van der Waals surface area contributed by atoms with Crippen molar-refractivity contribution < 1.29 is 19.6 Å².